The maximum absolute atomic E-state index is 12.1. The van der Waals surface area contributed by atoms with Gasteiger partial charge in [-0.1, -0.05) is 18.2 Å². The predicted octanol–water partition coefficient (Wildman–Crippen LogP) is 3.03. The molecule has 0 bridgehead atoms. The summed E-state index contributed by atoms with van der Waals surface area (Å²) in [5, 5.41) is 0. The molecule has 1 N–H and O–H groups in total. The molecule has 110 valence electrons. The van der Waals surface area contributed by atoms with Crippen molar-refractivity contribution in [2.45, 2.75) is 4.90 Å². The number of carbonyl (C=O) groups excluding carboxylic acids is 1. The van der Waals surface area contributed by atoms with Gasteiger partial charge in [-0.05, 0) is 36.4 Å². The fraction of sp³-hybridized carbons (Fsp3) is 0.133. The summed E-state index contributed by atoms with van der Waals surface area (Å²) in [5.74, 6) is 0.359. The number of thioether (sulfide) groups is 1. The zero-order valence-electron chi connectivity index (χ0n) is 11.4. The molecular weight excluding hydrogens is 306 g/mol. The number of hydrogen-bond donors (Lipinski definition) is 1. The van der Waals surface area contributed by atoms with E-state index >= 15 is 0 Å². The lowest BCUT2D eigenvalue weighted by Crippen LogP contribution is -2.10. The second-order valence-electron chi connectivity index (χ2n) is 4.48. The summed E-state index contributed by atoms with van der Waals surface area (Å²) in [6.45, 7) is 0. The first kappa shape index (κ1) is 15.6. The highest BCUT2D eigenvalue weighted by atomic mass is 32.2. The van der Waals surface area contributed by atoms with Crippen LogP contribution in [-0.2, 0) is 10.0 Å². The summed E-state index contributed by atoms with van der Waals surface area (Å²) >= 11 is 1.48. The number of sulfonamides is 1. The van der Waals surface area contributed by atoms with E-state index in [0.717, 1.165) is 11.2 Å². The molecule has 0 aliphatic rings. The van der Waals surface area contributed by atoms with E-state index in [1.165, 1.54) is 11.8 Å². The molecule has 2 rings (SSSR count). The van der Waals surface area contributed by atoms with Crippen LogP contribution in [-0.4, -0.2) is 26.2 Å². The fourth-order valence-electron chi connectivity index (χ4n) is 1.69. The monoisotopic (exact) mass is 321 g/mol. The van der Waals surface area contributed by atoms with E-state index in [1.807, 2.05) is 30.3 Å². The van der Waals surface area contributed by atoms with Crippen LogP contribution in [0.4, 0.5) is 5.69 Å². The van der Waals surface area contributed by atoms with Crippen molar-refractivity contribution in [1.29, 1.82) is 0 Å². The first-order valence-corrected chi connectivity index (χ1v) is 9.11. The van der Waals surface area contributed by atoms with Crippen molar-refractivity contribution in [1.82, 2.24) is 0 Å². The van der Waals surface area contributed by atoms with Gasteiger partial charge in [0, 0.05) is 16.1 Å². The molecular formula is C15H15NO3S2. The van der Waals surface area contributed by atoms with E-state index in [2.05, 4.69) is 4.72 Å². The van der Waals surface area contributed by atoms with Gasteiger partial charge in [0.2, 0.25) is 10.0 Å². The summed E-state index contributed by atoms with van der Waals surface area (Å²) in [7, 11) is -3.30. The van der Waals surface area contributed by atoms with Crippen molar-refractivity contribution in [3.63, 3.8) is 0 Å². The van der Waals surface area contributed by atoms with Crippen molar-refractivity contribution in [3.05, 3.63) is 60.2 Å². The molecule has 0 unspecified atom stereocenters. The van der Waals surface area contributed by atoms with Crippen molar-refractivity contribution in [2.24, 2.45) is 0 Å². The number of carbonyl (C=O) groups is 1. The first-order chi connectivity index (χ1) is 9.94. The number of nitrogens with one attached hydrogen (secondary N) is 1. The van der Waals surface area contributed by atoms with E-state index in [1.54, 1.807) is 24.3 Å². The zero-order chi connectivity index (χ0) is 15.3. The van der Waals surface area contributed by atoms with Gasteiger partial charge in [-0.15, -0.1) is 11.8 Å². The van der Waals surface area contributed by atoms with Crippen LogP contribution in [0.1, 0.15) is 10.4 Å². The van der Waals surface area contributed by atoms with E-state index in [9.17, 15) is 13.2 Å². The van der Waals surface area contributed by atoms with Crippen molar-refractivity contribution in [2.75, 3.05) is 16.7 Å². The van der Waals surface area contributed by atoms with Crippen molar-refractivity contribution >= 4 is 33.3 Å². The number of rotatable bonds is 6. The molecule has 0 saturated carbocycles. The summed E-state index contributed by atoms with van der Waals surface area (Å²) in [6.07, 6.45) is 1.09. The number of Topliss-reactive ketones (excluding diaryl/α,β-unsaturated/α-hetero) is 1. The predicted molar refractivity (Wildman–Crippen MR) is 86.4 cm³/mol. The minimum absolute atomic E-state index is 0.00904. The standard InChI is InChI=1S/C15H15NO3S2/c1-21(18,19)16-13-9-7-12(8-10-13)15(17)11-20-14-5-3-2-4-6-14/h2-10,16H,11H2,1H3. The third-order valence-electron chi connectivity index (χ3n) is 2.62. The molecule has 0 aromatic heterocycles. The molecule has 0 aliphatic carbocycles. The van der Waals surface area contributed by atoms with Gasteiger partial charge in [0.25, 0.3) is 0 Å². The van der Waals surface area contributed by atoms with E-state index in [0.29, 0.717) is 17.0 Å². The summed E-state index contributed by atoms with van der Waals surface area (Å²) < 4.78 is 24.6. The van der Waals surface area contributed by atoms with Crippen LogP contribution in [0.25, 0.3) is 0 Å². The third kappa shape index (κ3) is 5.24. The highest BCUT2D eigenvalue weighted by molar-refractivity contribution is 8.00. The van der Waals surface area contributed by atoms with E-state index < -0.39 is 10.0 Å². The summed E-state index contributed by atoms with van der Waals surface area (Å²) in [6, 6.07) is 16.1. The lowest BCUT2D eigenvalue weighted by Gasteiger charge is -2.05. The van der Waals surface area contributed by atoms with Crippen LogP contribution in [0.5, 0.6) is 0 Å². The van der Waals surface area contributed by atoms with Crippen LogP contribution in [0.3, 0.4) is 0 Å². The van der Waals surface area contributed by atoms with Crippen LogP contribution < -0.4 is 4.72 Å². The molecule has 4 nitrogen and oxygen atoms in total. The topological polar surface area (TPSA) is 63.2 Å². The van der Waals surface area contributed by atoms with Gasteiger partial charge in [-0.2, -0.15) is 0 Å². The van der Waals surface area contributed by atoms with Crippen LogP contribution in [0.15, 0.2) is 59.5 Å². The highest BCUT2D eigenvalue weighted by Crippen LogP contribution is 2.19. The molecule has 0 fully saturated rings. The van der Waals surface area contributed by atoms with Crippen LogP contribution in [0.2, 0.25) is 0 Å². The lowest BCUT2D eigenvalue weighted by atomic mass is 10.1. The molecule has 2 aromatic rings. The van der Waals surface area contributed by atoms with Gasteiger partial charge in [-0.25, -0.2) is 8.42 Å². The quantitative estimate of drug-likeness (QED) is 0.656. The normalized spacial score (nSPS) is 11.1. The molecule has 0 amide bonds. The SMILES string of the molecule is CS(=O)(=O)Nc1ccc(C(=O)CSc2ccccc2)cc1. The Morgan fingerprint density at radius 2 is 1.67 bits per heavy atom. The molecule has 0 atom stereocenters. The number of anilines is 1. The molecule has 0 spiro atoms. The minimum Gasteiger partial charge on any atom is -0.293 e. The zero-order valence-corrected chi connectivity index (χ0v) is 13.1. The molecule has 0 heterocycles. The Hall–Kier alpha value is -1.79. The third-order valence-corrected chi connectivity index (χ3v) is 4.24. The molecule has 21 heavy (non-hydrogen) atoms. The number of hydrogen-bond acceptors (Lipinski definition) is 4. The highest BCUT2D eigenvalue weighted by Gasteiger charge is 2.08. The smallest absolute Gasteiger partial charge is 0.229 e. The Balaban J connectivity index is 1.97. The Bertz CT molecular complexity index is 710. The number of benzene rings is 2. The molecule has 0 saturated heterocycles. The molecule has 0 aliphatic heterocycles. The summed E-state index contributed by atoms with van der Waals surface area (Å²) in [5.41, 5.74) is 1.02. The minimum atomic E-state index is -3.30. The van der Waals surface area contributed by atoms with Gasteiger partial charge in [0.05, 0.1) is 12.0 Å². The molecule has 2 aromatic carbocycles. The largest absolute Gasteiger partial charge is 0.293 e. The van der Waals surface area contributed by atoms with Gasteiger partial charge in [0.15, 0.2) is 5.78 Å². The van der Waals surface area contributed by atoms with Crippen molar-refractivity contribution < 1.29 is 13.2 Å². The van der Waals surface area contributed by atoms with E-state index in [-0.39, 0.29) is 5.78 Å². The van der Waals surface area contributed by atoms with Crippen molar-refractivity contribution in [3.8, 4) is 0 Å². The molecule has 6 heteroatoms. The second-order valence-corrected chi connectivity index (χ2v) is 7.27. The maximum atomic E-state index is 12.1. The molecule has 0 radical (unpaired) electrons. The Morgan fingerprint density at radius 3 is 2.24 bits per heavy atom. The Labute approximate surface area is 128 Å². The first-order valence-electron chi connectivity index (χ1n) is 6.23. The van der Waals surface area contributed by atoms with Gasteiger partial charge in [-0.3, -0.25) is 9.52 Å². The average Bonchev–Trinajstić information content (AvgIpc) is 2.45. The Kier molecular flexibility index (Phi) is 5.03. The van der Waals surface area contributed by atoms with Gasteiger partial charge >= 0.3 is 0 Å². The lowest BCUT2D eigenvalue weighted by molar-refractivity contribution is 0.102. The van der Waals surface area contributed by atoms with E-state index in [4.69, 9.17) is 0 Å². The number of ketones is 1. The van der Waals surface area contributed by atoms with Gasteiger partial charge < -0.3 is 0 Å². The maximum Gasteiger partial charge on any atom is 0.229 e. The fourth-order valence-corrected chi connectivity index (χ4v) is 3.07. The van der Waals surface area contributed by atoms with Crippen LogP contribution in [0, 0.1) is 0 Å². The second kappa shape index (κ2) is 6.78. The summed E-state index contributed by atoms with van der Waals surface area (Å²) in [4.78, 5) is 13.1. The average molecular weight is 321 g/mol. The Morgan fingerprint density at radius 1 is 1.05 bits per heavy atom. The van der Waals surface area contributed by atoms with Crippen LogP contribution >= 0.6 is 11.8 Å². The van der Waals surface area contributed by atoms with Gasteiger partial charge in [0.1, 0.15) is 0 Å².